The maximum absolute atomic E-state index is 13.1. The summed E-state index contributed by atoms with van der Waals surface area (Å²) >= 11 is 0. The fourth-order valence-electron chi connectivity index (χ4n) is 4.12. The van der Waals surface area contributed by atoms with Crippen molar-refractivity contribution in [3.63, 3.8) is 0 Å². The Morgan fingerprint density at radius 2 is 1.84 bits per heavy atom. The molecule has 5 rings (SSSR count). The third kappa shape index (κ3) is 2.95. The summed E-state index contributed by atoms with van der Waals surface area (Å²) in [5.74, 6) is -1.28. The van der Waals surface area contributed by atoms with Crippen molar-refractivity contribution in [1.29, 1.82) is 0 Å². The van der Waals surface area contributed by atoms with Crippen LogP contribution in [0.25, 0.3) is 16.7 Å². The van der Waals surface area contributed by atoms with Crippen molar-refractivity contribution in [2.24, 2.45) is 0 Å². The van der Waals surface area contributed by atoms with Crippen LogP contribution in [0.1, 0.15) is 29.9 Å². The maximum Gasteiger partial charge on any atom is 0.300 e. The molecule has 0 bridgehead atoms. The summed E-state index contributed by atoms with van der Waals surface area (Å²) < 4.78 is 5.60. The second-order valence-corrected chi connectivity index (χ2v) is 7.45. The van der Waals surface area contributed by atoms with Crippen molar-refractivity contribution in [2.45, 2.75) is 19.4 Å². The number of furan rings is 1. The molecule has 2 N–H and O–H groups in total. The Kier molecular flexibility index (Phi) is 4.47. The zero-order valence-corrected chi connectivity index (χ0v) is 16.8. The van der Waals surface area contributed by atoms with E-state index in [0.29, 0.717) is 17.0 Å². The number of Topliss-reactive ketones (excluding diaryl/α,β-unsaturated/α-hetero) is 1. The van der Waals surface area contributed by atoms with Crippen molar-refractivity contribution in [3.05, 3.63) is 95.6 Å². The molecule has 2 aromatic carbocycles. The Labute approximate surface area is 178 Å². The number of ketones is 1. The van der Waals surface area contributed by atoms with Gasteiger partial charge < -0.3 is 14.5 Å². The highest BCUT2D eigenvalue weighted by Crippen LogP contribution is 2.43. The second kappa shape index (κ2) is 7.32. The minimum Gasteiger partial charge on any atom is -0.507 e. The Bertz CT molecular complexity index is 1310. The van der Waals surface area contributed by atoms with Crippen LogP contribution in [0.5, 0.6) is 0 Å². The van der Waals surface area contributed by atoms with E-state index in [4.69, 9.17) is 4.42 Å². The first-order valence-electron chi connectivity index (χ1n) is 10.1. The van der Waals surface area contributed by atoms with Crippen LogP contribution in [-0.2, 0) is 16.0 Å². The monoisotopic (exact) mass is 412 g/mol. The van der Waals surface area contributed by atoms with Gasteiger partial charge in [0, 0.05) is 28.4 Å². The number of amides is 1. The van der Waals surface area contributed by atoms with Crippen LogP contribution in [0, 0.1) is 0 Å². The summed E-state index contributed by atoms with van der Waals surface area (Å²) in [5, 5.41) is 12.0. The molecule has 1 aliphatic rings. The van der Waals surface area contributed by atoms with E-state index in [9.17, 15) is 14.7 Å². The second-order valence-electron chi connectivity index (χ2n) is 7.45. The highest BCUT2D eigenvalue weighted by molar-refractivity contribution is 6.51. The third-order valence-electron chi connectivity index (χ3n) is 5.72. The summed E-state index contributed by atoms with van der Waals surface area (Å²) in [6, 6.07) is 17.5. The molecule has 1 fully saturated rings. The van der Waals surface area contributed by atoms with Gasteiger partial charge in [-0.15, -0.1) is 0 Å². The van der Waals surface area contributed by atoms with Crippen molar-refractivity contribution in [2.75, 3.05) is 4.90 Å². The van der Waals surface area contributed by atoms with Crippen molar-refractivity contribution in [1.82, 2.24) is 4.98 Å². The fourth-order valence-corrected chi connectivity index (χ4v) is 4.12. The van der Waals surface area contributed by atoms with Gasteiger partial charge in [-0.05, 0) is 42.3 Å². The molecule has 1 aliphatic heterocycles. The van der Waals surface area contributed by atoms with E-state index >= 15 is 0 Å². The van der Waals surface area contributed by atoms with E-state index in [1.807, 2.05) is 55.5 Å². The van der Waals surface area contributed by atoms with Gasteiger partial charge in [-0.1, -0.05) is 37.3 Å². The zero-order valence-electron chi connectivity index (χ0n) is 16.8. The molecular formula is C25H20N2O4. The number of aromatic amines is 1. The van der Waals surface area contributed by atoms with Gasteiger partial charge in [-0.25, -0.2) is 0 Å². The number of fused-ring (bicyclic) bond motifs is 1. The van der Waals surface area contributed by atoms with Gasteiger partial charge in [0.2, 0.25) is 0 Å². The van der Waals surface area contributed by atoms with Gasteiger partial charge >= 0.3 is 0 Å². The average Bonchev–Trinajstić information content (AvgIpc) is 3.53. The number of H-pyrrole nitrogens is 1. The maximum atomic E-state index is 13.1. The smallest absolute Gasteiger partial charge is 0.300 e. The Hall–Kier alpha value is -4.06. The minimum absolute atomic E-state index is 0.00395. The number of carbonyl (C=O) groups excluding carboxylic acids is 2. The van der Waals surface area contributed by atoms with Gasteiger partial charge in [0.25, 0.3) is 11.7 Å². The Morgan fingerprint density at radius 1 is 1.06 bits per heavy atom. The zero-order chi connectivity index (χ0) is 21.5. The van der Waals surface area contributed by atoms with E-state index in [1.165, 1.54) is 11.2 Å². The van der Waals surface area contributed by atoms with Crippen LogP contribution in [0.4, 0.5) is 5.69 Å². The van der Waals surface area contributed by atoms with Gasteiger partial charge in [0.05, 0.1) is 11.8 Å². The highest BCUT2D eigenvalue weighted by atomic mass is 16.3. The summed E-state index contributed by atoms with van der Waals surface area (Å²) in [4.78, 5) is 30.7. The number of nitrogens with zero attached hydrogens (tertiary/aromatic N) is 1. The first kappa shape index (κ1) is 18.9. The van der Waals surface area contributed by atoms with Gasteiger partial charge in [-0.3, -0.25) is 14.5 Å². The van der Waals surface area contributed by atoms with Crippen LogP contribution in [0.3, 0.4) is 0 Å². The van der Waals surface area contributed by atoms with Crippen molar-refractivity contribution >= 4 is 34.0 Å². The molecule has 6 nitrogen and oxygen atoms in total. The van der Waals surface area contributed by atoms with Crippen LogP contribution in [0.2, 0.25) is 0 Å². The Morgan fingerprint density at radius 3 is 2.55 bits per heavy atom. The minimum atomic E-state index is -0.865. The van der Waals surface area contributed by atoms with Crippen LogP contribution >= 0.6 is 0 Å². The third-order valence-corrected chi connectivity index (χ3v) is 5.72. The molecule has 0 spiro atoms. The number of aliphatic hydroxyl groups excluding tert-OH is 1. The molecule has 3 heterocycles. The van der Waals surface area contributed by atoms with E-state index in [0.717, 1.165) is 22.9 Å². The van der Waals surface area contributed by atoms with E-state index in [2.05, 4.69) is 4.98 Å². The number of hydrogen-bond donors (Lipinski definition) is 2. The molecule has 0 aliphatic carbocycles. The SMILES string of the molecule is CCc1ccc(N2C(=O)C(=O)/C(=C(\O)c3c[nH]c4ccccc34)C2c2ccco2)cc1. The van der Waals surface area contributed by atoms with Crippen molar-refractivity contribution < 1.29 is 19.1 Å². The molecule has 1 unspecified atom stereocenters. The van der Waals surface area contributed by atoms with Gasteiger partial charge in [-0.2, -0.15) is 0 Å². The number of anilines is 1. The van der Waals surface area contributed by atoms with Crippen LogP contribution in [0.15, 0.2) is 83.1 Å². The molecule has 4 aromatic rings. The number of aromatic nitrogens is 1. The molecule has 1 atom stereocenters. The summed E-state index contributed by atoms with van der Waals surface area (Å²) in [5.41, 5.74) is 2.98. The predicted molar refractivity (Wildman–Crippen MR) is 118 cm³/mol. The fraction of sp³-hybridized carbons (Fsp3) is 0.120. The topological polar surface area (TPSA) is 86.5 Å². The van der Waals surface area contributed by atoms with Gasteiger partial charge in [0.1, 0.15) is 17.6 Å². The lowest BCUT2D eigenvalue weighted by atomic mass is 9.99. The van der Waals surface area contributed by atoms with E-state index in [1.54, 1.807) is 18.3 Å². The predicted octanol–water partition coefficient (Wildman–Crippen LogP) is 4.95. The normalized spacial score (nSPS) is 18.2. The number of aryl methyl sites for hydroxylation is 1. The quantitative estimate of drug-likeness (QED) is 0.282. The largest absolute Gasteiger partial charge is 0.507 e. The first-order chi connectivity index (χ1) is 15.1. The lowest BCUT2D eigenvalue weighted by molar-refractivity contribution is -0.132. The Balaban J connectivity index is 1.71. The summed E-state index contributed by atoms with van der Waals surface area (Å²) in [6.07, 6.45) is 3.99. The standard InChI is InChI=1S/C25H20N2O4/c1-2-15-9-11-16(12-10-15)27-22(20-8-5-13-31-20)21(24(29)25(27)30)23(28)18-14-26-19-7-4-3-6-17(18)19/h3-14,22,26,28H,2H2,1H3/b23-21-. The van der Waals surface area contributed by atoms with E-state index in [-0.39, 0.29) is 11.3 Å². The number of carbonyl (C=O) groups is 2. The number of rotatable bonds is 4. The summed E-state index contributed by atoms with van der Waals surface area (Å²) in [6.45, 7) is 2.05. The van der Waals surface area contributed by atoms with Crippen LogP contribution < -0.4 is 4.90 Å². The van der Waals surface area contributed by atoms with E-state index < -0.39 is 17.7 Å². The number of benzene rings is 2. The average molecular weight is 412 g/mol. The molecule has 6 heteroatoms. The molecule has 1 amide bonds. The molecular weight excluding hydrogens is 392 g/mol. The lowest BCUT2D eigenvalue weighted by Gasteiger charge is -2.23. The molecule has 2 aromatic heterocycles. The first-order valence-corrected chi connectivity index (χ1v) is 10.1. The number of aliphatic hydroxyl groups is 1. The molecule has 0 radical (unpaired) electrons. The summed E-state index contributed by atoms with van der Waals surface area (Å²) in [7, 11) is 0. The molecule has 0 saturated carbocycles. The van der Waals surface area contributed by atoms with Crippen molar-refractivity contribution in [3.8, 4) is 0 Å². The highest BCUT2D eigenvalue weighted by Gasteiger charge is 2.48. The molecule has 1 saturated heterocycles. The molecule has 154 valence electrons. The van der Waals surface area contributed by atoms with Crippen LogP contribution in [-0.4, -0.2) is 21.8 Å². The number of nitrogens with one attached hydrogen (secondary N) is 1. The molecule has 31 heavy (non-hydrogen) atoms. The lowest BCUT2D eigenvalue weighted by Crippen LogP contribution is -2.29. The number of hydrogen-bond acceptors (Lipinski definition) is 4. The van der Waals surface area contributed by atoms with Gasteiger partial charge in [0.15, 0.2) is 0 Å². The number of para-hydroxylation sites is 1.